The second-order valence-corrected chi connectivity index (χ2v) is 13.7. The summed E-state index contributed by atoms with van der Waals surface area (Å²) in [6.07, 6.45) is 4.23. The number of rotatable bonds is 12. The summed E-state index contributed by atoms with van der Waals surface area (Å²) >= 11 is 0. The number of nitrogens with one attached hydrogen (secondary N) is 1. The lowest BCUT2D eigenvalue weighted by molar-refractivity contribution is -0.140. The molecule has 1 atom stereocenters. The number of aryl methyl sites for hydroxylation is 2. The standard InChI is InChI=1S/C37H41N3O4S/c1-28-21-23-33(24-22-28)45(43,44)40(34-20-12-9-13-29(34)2)27-36(41)39(26-31-16-7-4-8-17-31)35(25-30-14-5-3-6-15-30)37(42)38-32-18-10-11-19-32/h3-9,12-17,20-24,32,35H,10-11,18-19,25-27H2,1-2H3,(H,38,42)/t35-/m0/s1. The average Bonchev–Trinajstić information content (AvgIpc) is 3.56. The molecule has 0 saturated heterocycles. The molecule has 1 aliphatic carbocycles. The van der Waals surface area contributed by atoms with Gasteiger partial charge >= 0.3 is 0 Å². The number of benzene rings is 4. The number of amides is 2. The maximum absolute atomic E-state index is 14.6. The molecule has 0 heterocycles. The molecule has 0 radical (unpaired) electrons. The van der Waals surface area contributed by atoms with Crippen LogP contribution in [0.2, 0.25) is 0 Å². The zero-order chi connectivity index (χ0) is 31.8. The fourth-order valence-electron chi connectivity index (χ4n) is 5.90. The molecule has 4 aromatic carbocycles. The Bertz CT molecular complexity index is 1690. The number of carbonyl (C=O) groups is 2. The third kappa shape index (κ3) is 8.00. The van der Waals surface area contributed by atoms with E-state index in [0.717, 1.165) is 47.9 Å². The number of hydrogen-bond acceptors (Lipinski definition) is 4. The van der Waals surface area contributed by atoms with Gasteiger partial charge < -0.3 is 10.2 Å². The van der Waals surface area contributed by atoms with E-state index in [0.29, 0.717) is 12.1 Å². The van der Waals surface area contributed by atoms with Crippen LogP contribution >= 0.6 is 0 Å². The maximum Gasteiger partial charge on any atom is 0.264 e. The third-order valence-electron chi connectivity index (χ3n) is 8.44. The van der Waals surface area contributed by atoms with Gasteiger partial charge in [0.2, 0.25) is 11.8 Å². The fourth-order valence-corrected chi connectivity index (χ4v) is 7.37. The molecule has 0 unspecified atom stereocenters. The number of anilines is 1. The van der Waals surface area contributed by atoms with Crippen LogP contribution in [0.5, 0.6) is 0 Å². The molecule has 1 N–H and O–H groups in total. The number of carbonyl (C=O) groups excluding carboxylic acids is 2. The van der Waals surface area contributed by atoms with E-state index < -0.39 is 28.5 Å². The van der Waals surface area contributed by atoms with Crippen LogP contribution in [0.1, 0.15) is 47.9 Å². The Labute approximate surface area is 266 Å². The van der Waals surface area contributed by atoms with Crippen molar-refractivity contribution >= 4 is 27.5 Å². The SMILES string of the molecule is Cc1ccc(S(=O)(=O)N(CC(=O)N(Cc2ccccc2)[C@@H](Cc2ccccc2)C(=O)NC2CCCC2)c2ccccc2C)cc1. The van der Waals surface area contributed by atoms with Crippen molar-refractivity contribution in [2.75, 3.05) is 10.8 Å². The van der Waals surface area contributed by atoms with Crippen molar-refractivity contribution in [2.45, 2.75) is 69.5 Å². The van der Waals surface area contributed by atoms with E-state index in [1.807, 2.05) is 86.6 Å². The van der Waals surface area contributed by atoms with Crippen LogP contribution in [-0.4, -0.2) is 43.8 Å². The molecule has 1 saturated carbocycles. The average molecular weight is 624 g/mol. The molecular formula is C37H41N3O4S. The summed E-state index contributed by atoms with van der Waals surface area (Å²) in [5, 5.41) is 3.21. The Balaban J connectivity index is 1.56. The third-order valence-corrected chi connectivity index (χ3v) is 10.2. The molecule has 5 rings (SSSR count). The predicted molar refractivity (Wildman–Crippen MR) is 178 cm³/mol. The van der Waals surface area contributed by atoms with E-state index in [9.17, 15) is 18.0 Å². The van der Waals surface area contributed by atoms with Crippen molar-refractivity contribution in [2.24, 2.45) is 0 Å². The predicted octanol–water partition coefficient (Wildman–Crippen LogP) is 6.20. The van der Waals surface area contributed by atoms with E-state index in [4.69, 9.17) is 0 Å². The summed E-state index contributed by atoms with van der Waals surface area (Å²) in [4.78, 5) is 30.3. The van der Waals surface area contributed by atoms with E-state index in [-0.39, 0.29) is 23.4 Å². The highest BCUT2D eigenvalue weighted by molar-refractivity contribution is 7.92. The summed E-state index contributed by atoms with van der Waals surface area (Å²) in [7, 11) is -4.13. The Morgan fingerprint density at radius 2 is 1.36 bits per heavy atom. The van der Waals surface area contributed by atoms with Gasteiger partial charge in [0.25, 0.3) is 10.0 Å². The molecule has 45 heavy (non-hydrogen) atoms. The summed E-state index contributed by atoms with van der Waals surface area (Å²) < 4.78 is 29.6. The summed E-state index contributed by atoms with van der Waals surface area (Å²) in [6.45, 7) is 3.41. The second kappa shape index (κ2) is 14.6. The fraction of sp³-hybridized carbons (Fsp3) is 0.297. The van der Waals surface area contributed by atoms with Gasteiger partial charge in [0.05, 0.1) is 10.6 Å². The largest absolute Gasteiger partial charge is 0.352 e. The van der Waals surface area contributed by atoms with Gasteiger partial charge in [-0.15, -0.1) is 0 Å². The Morgan fingerprint density at radius 3 is 1.98 bits per heavy atom. The van der Waals surface area contributed by atoms with Crippen molar-refractivity contribution in [3.8, 4) is 0 Å². The van der Waals surface area contributed by atoms with Gasteiger partial charge in [-0.2, -0.15) is 0 Å². The molecule has 1 fully saturated rings. The lowest BCUT2D eigenvalue weighted by atomic mass is 10.0. The van der Waals surface area contributed by atoms with Crippen LogP contribution in [0.25, 0.3) is 0 Å². The highest BCUT2D eigenvalue weighted by Gasteiger charge is 2.35. The van der Waals surface area contributed by atoms with Crippen LogP contribution in [0.15, 0.2) is 114 Å². The number of hydrogen-bond donors (Lipinski definition) is 1. The summed E-state index contributed by atoms with van der Waals surface area (Å²) in [5.41, 5.74) is 3.83. The molecule has 0 aromatic heterocycles. The highest BCUT2D eigenvalue weighted by atomic mass is 32.2. The first kappa shape index (κ1) is 32.0. The first-order valence-corrected chi connectivity index (χ1v) is 17.0. The van der Waals surface area contributed by atoms with Crippen LogP contribution < -0.4 is 9.62 Å². The van der Waals surface area contributed by atoms with Crippen LogP contribution in [0.4, 0.5) is 5.69 Å². The monoisotopic (exact) mass is 623 g/mol. The molecule has 0 spiro atoms. The molecule has 4 aromatic rings. The Morgan fingerprint density at radius 1 is 0.778 bits per heavy atom. The summed E-state index contributed by atoms with van der Waals surface area (Å²) in [5.74, 6) is -0.681. The Kier molecular flexibility index (Phi) is 10.4. The smallest absolute Gasteiger partial charge is 0.264 e. The molecule has 234 valence electrons. The molecule has 0 aliphatic heterocycles. The van der Waals surface area contributed by atoms with Gasteiger partial charge in [-0.3, -0.25) is 13.9 Å². The lowest BCUT2D eigenvalue weighted by Gasteiger charge is -2.34. The minimum Gasteiger partial charge on any atom is -0.352 e. The topological polar surface area (TPSA) is 86.8 Å². The molecule has 0 bridgehead atoms. The molecular weight excluding hydrogens is 582 g/mol. The minimum atomic E-state index is -4.13. The van der Waals surface area contributed by atoms with Gasteiger partial charge in [0, 0.05) is 19.0 Å². The van der Waals surface area contributed by atoms with Crippen molar-refractivity contribution < 1.29 is 18.0 Å². The van der Waals surface area contributed by atoms with E-state index in [1.54, 1.807) is 41.3 Å². The Hall–Kier alpha value is -4.43. The lowest BCUT2D eigenvalue weighted by Crippen LogP contribution is -2.54. The molecule has 2 amide bonds. The molecule has 1 aliphatic rings. The minimum absolute atomic E-state index is 0.0647. The van der Waals surface area contributed by atoms with E-state index >= 15 is 0 Å². The van der Waals surface area contributed by atoms with Gasteiger partial charge in [-0.05, 0) is 61.6 Å². The first-order chi connectivity index (χ1) is 21.7. The quantitative estimate of drug-likeness (QED) is 0.204. The molecule has 8 heteroatoms. The zero-order valence-electron chi connectivity index (χ0n) is 25.9. The number of nitrogens with zero attached hydrogens (tertiary/aromatic N) is 2. The zero-order valence-corrected chi connectivity index (χ0v) is 26.7. The van der Waals surface area contributed by atoms with Crippen LogP contribution in [0, 0.1) is 13.8 Å². The maximum atomic E-state index is 14.6. The van der Waals surface area contributed by atoms with Crippen LogP contribution in [0.3, 0.4) is 0 Å². The van der Waals surface area contributed by atoms with Crippen LogP contribution in [-0.2, 0) is 32.6 Å². The van der Waals surface area contributed by atoms with Crippen molar-refractivity contribution in [1.82, 2.24) is 10.2 Å². The summed E-state index contributed by atoms with van der Waals surface area (Å²) in [6, 6.07) is 32.1. The van der Waals surface area contributed by atoms with Crippen molar-refractivity contribution in [3.05, 3.63) is 131 Å². The molecule has 7 nitrogen and oxygen atoms in total. The van der Waals surface area contributed by atoms with Gasteiger partial charge in [0.1, 0.15) is 12.6 Å². The van der Waals surface area contributed by atoms with Crippen molar-refractivity contribution in [1.29, 1.82) is 0 Å². The number of para-hydroxylation sites is 1. The highest BCUT2D eigenvalue weighted by Crippen LogP contribution is 2.28. The van der Waals surface area contributed by atoms with Gasteiger partial charge in [-0.1, -0.05) is 109 Å². The van der Waals surface area contributed by atoms with E-state index in [2.05, 4.69) is 5.32 Å². The van der Waals surface area contributed by atoms with Gasteiger partial charge in [-0.25, -0.2) is 8.42 Å². The van der Waals surface area contributed by atoms with E-state index in [1.165, 1.54) is 4.31 Å². The van der Waals surface area contributed by atoms with Crippen molar-refractivity contribution in [3.63, 3.8) is 0 Å². The first-order valence-electron chi connectivity index (χ1n) is 15.5. The number of sulfonamides is 1. The normalized spacial score (nSPS) is 14.1. The second-order valence-electron chi connectivity index (χ2n) is 11.8. The van der Waals surface area contributed by atoms with Gasteiger partial charge in [0.15, 0.2) is 0 Å².